The molecule has 1 aromatic carbocycles. The second-order valence-electron chi connectivity index (χ2n) is 4.79. The highest BCUT2D eigenvalue weighted by molar-refractivity contribution is 9.10. The van der Waals surface area contributed by atoms with Gasteiger partial charge in [-0.25, -0.2) is 27.9 Å². The number of benzene rings is 1. The first kappa shape index (κ1) is 14.1. The number of hydrogen-bond donors (Lipinski definition) is 0. The molecule has 3 rings (SSSR count). The Hall–Kier alpha value is -1.83. The number of nitrogens with zero attached hydrogens (tertiary/aromatic N) is 3. The van der Waals surface area contributed by atoms with E-state index in [9.17, 15) is 14.0 Å². The van der Waals surface area contributed by atoms with Crippen LogP contribution in [0, 0.1) is 5.82 Å². The molecule has 0 radical (unpaired) electrons. The Morgan fingerprint density at radius 1 is 1.14 bits per heavy atom. The van der Waals surface area contributed by atoms with Gasteiger partial charge in [-0.05, 0) is 34.8 Å². The first-order valence-corrected chi connectivity index (χ1v) is 7.30. The van der Waals surface area contributed by atoms with Crippen molar-refractivity contribution in [1.82, 2.24) is 13.9 Å². The molecule has 6 nitrogen and oxygen atoms in total. The second-order valence-corrected chi connectivity index (χ2v) is 5.65. The minimum Gasteiger partial charge on any atom is -0.495 e. The fraction of sp³-hybridized carbons (Fsp3) is 0.385. The normalized spacial score (nSPS) is 14.0. The maximum Gasteiger partial charge on any atom is 0.351 e. The molecule has 1 aromatic heterocycles. The number of rotatable bonds is 2. The van der Waals surface area contributed by atoms with Gasteiger partial charge in [0.2, 0.25) is 0 Å². The molecule has 0 fully saturated rings. The van der Waals surface area contributed by atoms with Crippen LogP contribution in [-0.2, 0) is 13.1 Å². The van der Waals surface area contributed by atoms with Crippen molar-refractivity contribution in [2.75, 3.05) is 7.11 Å². The van der Waals surface area contributed by atoms with E-state index in [1.54, 1.807) is 0 Å². The summed E-state index contributed by atoms with van der Waals surface area (Å²) in [4.78, 5) is 24.7. The lowest BCUT2D eigenvalue weighted by atomic mass is 10.3. The zero-order valence-corrected chi connectivity index (χ0v) is 12.9. The van der Waals surface area contributed by atoms with Gasteiger partial charge in [-0.1, -0.05) is 0 Å². The SMILES string of the molecule is COc1cc(-n2c(=O)n3n(c2=O)CCCC3)c(F)cc1Br. The predicted octanol–water partition coefficient (Wildman–Crippen LogP) is 1.50. The van der Waals surface area contributed by atoms with E-state index in [0.717, 1.165) is 17.4 Å². The molecule has 21 heavy (non-hydrogen) atoms. The van der Waals surface area contributed by atoms with Gasteiger partial charge >= 0.3 is 11.4 Å². The van der Waals surface area contributed by atoms with E-state index in [-0.39, 0.29) is 5.69 Å². The third-order valence-corrected chi connectivity index (χ3v) is 4.19. The lowest BCUT2D eigenvalue weighted by molar-refractivity contribution is 0.348. The summed E-state index contributed by atoms with van der Waals surface area (Å²) in [7, 11) is 1.43. The van der Waals surface area contributed by atoms with Crippen LogP contribution in [0.1, 0.15) is 12.8 Å². The third-order valence-electron chi connectivity index (χ3n) is 3.57. The molecule has 1 aliphatic rings. The highest BCUT2D eigenvalue weighted by atomic mass is 79.9. The van der Waals surface area contributed by atoms with Crippen molar-refractivity contribution < 1.29 is 9.13 Å². The zero-order valence-electron chi connectivity index (χ0n) is 11.3. The average molecular weight is 358 g/mol. The lowest BCUT2D eigenvalue weighted by Crippen LogP contribution is -2.30. The first-order valence-electron chi connectivity index (χ1n) is 6.50. The van der Waals surface area contributed by atoms with Crippen LogP contribution in [0.4, 0.5) is 4.39 Å². The fourth-order valence-electron chi connectivity index (χ4n) is 2.53. The number of aromatic nitrogens is 3. The summed E-state index contributed by atoms with van der Waals surface area (Å²) in [6, 6.07) is 2.52. The number of hydrogen-bond acceptors (Lipinski definition) is 3. The van der Waals surface area contributed by atoms with E-state index in [1.807, 2.05) is 0 Å². The van der Waals surface area contributed by atoms with E-state index in [1.165, 1.54) is 28.6 Å². The molecule has 0 spiro atoms. The van der Waals surface area contributed by atoms with Gasteiger partial charge in [0, 0.05) is 19.2 Å². The van der Waals surface area contributed by atoms with Crippen molar-refractivity contribution in [3.05, 3.63) is 43.4 Å². The fourth-order valence-corrected chi connectivity index (χ4v) is 3.00. The smallest absolute Gasteiger partial charge is 0.351 e. The Bertz CT molecular complexity index is 784. The summed E-state index contributed by atoms with van der Waals surface area (Å²) in [5.74, 6) is -0.308. The molecule has 0 bridgehead atoms. The van der Waals surface area contributed by atoms with E-state index in [4.69, 9.17) is 4.74 Å². The number of halogens is 2. The minimum atomic E-state index is -0.662. The van der Waals surface area contributed by atoms with E-state index in [0.29, 0.717) is 23.3 Å². The van der Waals surface area contributed by atoms with Crippen LogP contribution in [0.15, 0.2) is 26.2 Å². The van der Waals surface area contributed by atoms with Gasteiger partial charge in [0.05, 0.1) is 17.3 Å². The van der Waals surface area contributed by atoms with Crippen LogP contribution < -0.4 is 16.1 Å². The van der Waals surface area contributed by atoms with Gasteiger partial charge in [0.15, 0.2) is 0 Å². The molecule has 2 aromatic rings. The van der Waals surface area contributed by atoms with E-state index in [2.05, 4.69) is 15.9 Å². The predicted molar refractivity (Wildman–Crippen MR) is 77.7 cm³/mol. The summed E-state index contributed by atoms with van der Waals surface area (Å²) >= 11 is 3.17. The maximum atomic E-state index is 14.2. The first-order chi connectivity index (χ1) is 10.0. The molecule has 8 heteroatoms. The van der Waals surface area contributed by atoms with Crippen molar-refractivity contribution in [2.24, 2.45) is 0 Å². The summed E-state index contributed by atoms with van der Waals surface area (Å²) in [5, 5.41) is 0. The number of ether oxygens (including phenoxy) is 1. The van der Waals surface area contributed by atoms with Crippen LogP contribution in [-0.4, -0.2) is 21.0 Å². The molecule has 0 amide bonds. The number of fused-ring (bicyclic) bond motifs is 1. The highest BCUT2D eigenvalue weighted by Crippen LogP contribution is 2.28. The van der Waals surface area contributed by atoms with Gasteiger partial charge < -0.3 is 4.74 Å². The zero-order chi connectivity index (χ0) is 15.1. The Morgan fingerprint density at radius 3 is 2.24 bits per heavy atom. The van der Waals surface area contributed by atoms with Gasteiger partial charge in [-0.2, -0.15) is 0 Å². The molecule has 0 N–H and O–H groups in total. The lowest BCUT2D eigenvalue weighted by Gasteiger charge is -2.13. The topological polar surface area (TPSA) is 58.2 Å². The van der Waals surface area contributed by atoms with E-state index >= 15 is 0 Å². The molecule has 0 saturated heterocycles. The standard InChI is InChI=1S/C13H13BrFN3O3/c1-21-11-7-10(9(15)6-8(11)14)18-12(19)16-4-2-3-5-17(16)13(18)20/h6-7H,2-5H2,1H3. The molecule has 0 saturated carbocycles. The summed E-state index contributed by atoms with van der Waals surface area (Å²) < 4.78 is 23.3. The van der Waals surface area contributed by atoms with Crippen molar-refractivity contribution >= 4 is 15.9 Å². The Balaban J connectivity index is 2.29. The van der Waals surface area contributed by atoms with Crippen LogP contribution in [0.3, 0.4) is 0 Å². The maximum absolute atomic E-state index is 14.2. The monoisotopic (exact) mass is 357 g/mol. The molecular weight excluding hydrogens is 345 g/mol. The average Bonchev–Trinajstić information content (AvgIpc) is 2.72. The van der Waals surface area contributed by atoms with Gasteiger partial charge in [-0.15, -0.1) is 0 Å². The summed E-state index contributed by atoms with van der Waals surface area (Å²) in [6.45, 7) is 0.937. The molecule has 112 valence electrons. The molecule has 0 unspecified atom stereocenters. The highest BCUT2D eigenvalue weighted by Gasteiger charge is 2.22. The summed E-state index contributed by atoms with van der Waals surface area (Å²) in [6.07, 6.45) is 1.66. The van der Waals surface area contributed by atoms with E-state index < -0.39 is 17.2 Å². The molecule has 0 aliphatic carbocycles. The Morgan fingerprint density at radius 2 is 1.71 bits per heavy atom. The van der Waals surface area contributed by atoms with Crippen molar-refractivity contribution in [1.29, 1.82) is 0 Å². The van der Waals surface area contributed by atoms with Crippen molar-refractivity contribution in [2.45, 2.75) is 25.9 Å². The second kappa shape index (κ2) is 5.18. The quantitative estimate of drug-likeness (QED) is 0.818. The van der Waals surface area contributed by atoms with Crippen LogP contribution in [0.2, 0.25) is 0 Å². The van der Waals surface area contributed by atoms with Gasteiger partial charge in [0.1, 0.15) is 11.6 Å². The van der Waals surface area contributed by atoms with Crippen LogP contribution in [0.25, 0.3) is 5.69 Å². The largest absolute Gasteiger partial charge is 0.495 e. The molecule has 2 heterocycles. The molecule has 0 atom stereocenters. The summed E-state index contributed by atoms with van der Waals surface area (Å²) in [5.41, 5.74) is -1.15. The molecule has 1 aliphatic heterocycles. The minimum absolute atomic E-state index is 0.0977. The van der Waals surface area contributed by atoms with Crippen molar-refractivity contribution in [3.8, 4) is 11.4 Å². The number of methoxy groups -OCH3 is 1. The Kier molecular flexibility index (Phi) is 3.48. The third kappa shape index (κ3) is 2.14. The Labute approximate surface area is 127 Å². The van der Waals surface area contributed by atoms with Crippen LogP contribution >= 0.6 is 15.9 Å². The van der Waals surface area contributed by atoms with Crippen molar-refractivity contribution in [3.63, 3.8) is 0 Å². The van der Waals surface area contributed by atoms with Gasteiger partial charge in [0.25, 0.3) is 0 Å². The van der Waals surface area contributed by atoms with Gasteiger partial charge in [-0.3, -0.25) is 0 Å². The van der Waals surface area contributed by atoms with Crippen LogP contribution in [0.5, 0.6) is 5.75 Å². The molecular formula is C13H13BrFN3O3.